The van der Waals surface area contributed by atoms with Crippen LogP contribution in [0, 0.1) is 0 Å². The van der Waals surface area contributed by atoms with Gasteiger partial charge in [0.1, 0.15) is 18.5 Å². The second kappa shape index (κ2) is 5.44. The van der Waals surface area contributed by atoms with Crippen LogP contribution in [0.2, 0.25) is 0 Å². The number of ether oxygens (including phenoxy) is 2. The molecule has 1 fully saturated rings. The maximum Gasteiger partial charge on any atom is 0.227 e. The van der Waals surface area contributed by atoms with E-state index < -0.39 is 0 Å². The van der Waals surface area contributed by atoms with E-state index in [-0.39, 0.29) is 11.9 Å². The molecule has 1 saturated heterocycles. The smallest absolute Gasteiger partial charge is 0.227 e. The predicted molar refractivity (Wildman–Crippen MR) is 59.0 cm³/mol. The van der Waals surface area contributed by atoms with Crippen LogP contribution in [0.25, 0.3) is 0 Å². The topological polar surface area (TPSA) is 103 Å². The Morgan fingerprint density at radius 3 is 3.29 bits per heavy atom. The number of hydrogen-bond donors (Lipinski definition) is 2. The molecule has 3 N–H and O–H groups in total. The van der Waals surface area contributed by atoms with Crippen LogP contribution < -0.4 is 10.5 Å². The summed E-state index contributed by atoms with van der Waals surface area (Å²) in [6.07, 6.45) is 4.89. The summed E-state index contributed by atoms with van der Waals surface area (Å²) in [6, 6.07) is 0. The van der Waals surface area contributed by atoms with E-state index in [2.05, 4.69) is 15.1 Å². The molecule has 0 bridgehead atoms. The van der Waals surface area contributed by atoms with Crippen molar-refractivity contribution in [2.75, 3.05) is 13.2 Å². The third-order valence-electron chi connectivity index (χ3n) is 2.49. The minimum absolute atomic E-state index is 0.0760. The molecule has 1 aromatic heterocycles. The summed E-state index contributed by atoms with van der Waals surface area (Å²) in [5.74, 6) is 0.221. The molecule has 0 amide bonds. The first-order valence-electron chi connectivity index (χ1n) is 5.33. The van der Waals surface area contributed by atoms with Crippen LogP contribution in [-0.4, -0.2) is 40.3 Å². The van der Waals surface area contributed by atoms with Crippen molar-refractivity contribution in [3.63, 3.8) is 0 Å². The second-order valence-electron chi connectivity index (χ2n) is 3.67. The van der Waals surface area contributed by atoms with Gasteiger partial charge in [-0.3, -0.25) is 0 Å². The van der Waals surface area contributed by atoms with Crippen LogP contribution in [0.1, 0.15) is 18.4 Å². The highest BCUT2D eigenvalue weighted by molar-refractivity contribution is 5.98. The summed E-state index contributed by atoms with van der Waals surface area (Å²) in [5.41, 5.74) is 5.86. The number of nitrogens with zero attached hydrogens (tertiary/aromatic N) is 3. The lowest BCUT2D eigenvalue weighted by molar-refractivity contribution is 0.0662. The van der Waals surface area contributed by atoms with Gasteiger partial charge in [0.05, 0.1) is 6.10 Å². The maximum atomic E-state index is 8.62. The normalized spacial score (nSPS) is 20.5. The van der Waals surface area contributed by atoms with Gasteiger partial charge < -0.3 is 20.4 Å². The molecule has 0 aliphatic carbocycles. The first kappa shape index (κ1) is 11.6. The number of hydrogen-bond acceptors (Lipinski definition) is 6. The molecule has 0 spiro atoms. The summed E-state index contributed by atoms with van der Waals surface area (Å²) in [5, 5.41) is 11.5. The third kappa shape index (κ3) is 2.82. The molecule has 7 heteroatoms. The van der Waals surface area contributed by atoms with Crippen LogP contribution in [0.15, 0.2) is 17.7 Å². The maximum absolute atomic E-state index is 8.62. The highest BCUT2D eigenvalue weighted by Crippen LogP contribution is 2.16. The van der Waals surface area contributed by atoms with Gasteiger partial charge in [-0.25, -0.2) is 9.97 Å². The zero-order valence-electron chi connectivity index (χ0n) is 9.24. The fourth-order valence-corrected chi connectivity index (χ4v) is 1.61. The van der Waals surface area contributed by atoms with Gasteiger partial charge in [-0.05, 0) is 12.8 Å². The molecule has 0 radical (unpaired) electrons. The molecule has 1 aliphatic heterocycles. The van der Waals surface area contributed by atoms with E-state index in [1.54, 1.807) is 0 Å². The van der Waals surface area contributed by atoms with Crippen molar-refractivity contribution in [1.82, 2.24) is 9.97 Å². The van der Waals surface area contributed by atoms with Crippen LogP contribution in [0.4, 0.5) is 0 Å². The van der Waals surface area contributed by atoms with E-state index in [1.165, 1.54) is 12.5 Å². The van der Waals surface area contributed by atoms with Crippen LogP contribution >= 0.6 is 0 Å². The van der Waals surface area contributed by atoms with Crippen LogP contribution in [0.5, 0.6) is 5.88 Å². The number of nitrogens with two attached hydrogens (primary N) is 1. The first-order chi connectivity index (χ1) is 8.31. The Bertz CT molecular complexity index is 404. The molecule has 92 valence electrons. The van der Waals surface area contributed by atoms with Gasteiger partial charge in [-0.15, -0.1) is 0 Å². The van der Waals surface area contributed by atoms with Crippen molar-refractivity contribution in [3.8, 4) is 5.88 Å². The molecular formula is C10H14N4O3. The van der Waals surface area contributed by atoms with E-state index >= 15 is 0 Å². The van der Waals surface area contributed by atoms with E-state index in [0.717, 1.165) is 19.4 Å². The minimum atomic E-state index is -0.0760. The predicted octanol–water partition coefficient (Wildman–Crippen LogP) is 0.129. The zero-order valence-corrected chi connectivity index (χ0v) is 9.24. The van der Waals surface area contributed by atoms with Crippen molar-refractivity contribution in [2.24, 2.45) is 10.9 Å². The van der Waals surface area contributed by atoms with Gasteiger partial charge in [-0.2, -0.15) is 0 Å². The first-order valence-corrected chi connectivity index (χ1v) is 5.33. The number of amidine groups is 1. The summed E-state index contributed by atoms with van der Waals surface area (Å²) < 4.78 is 10.9. The largest absolute Gasteiger partial charge is 0.474 e. The van der Waals surface area contributed by atoms with Gasteiger partial charge in [0.15, 0.2) is 5.84 Å². The Kier molecular flexibility index (Phi) is 3.71. The molecule has 1 atom stereocenters. The Balaban J connectivity index is 2.04. The lowest BCUT2D eigenvalue weighted by Gasteiger charge is -2.12. The Labute approximate surface area is 98.3 Å². The highest BCUT2D eigenvalue weighted by atomic mass is 16.5. The standard InChI is InChI=1S/C10H14N4O3/c11-9(14-15)8-4-12-6-13-10(8)17-5-7-2-1-3-16-7/h4,6-7,15H,1-3,5H2,(H2,11,14). The van der Waals surface area contributed by atoms with Crippen molar-refractivity contribution < 1.29 is 14.7 Å². The lowest BCUT2D eigenvalue weighted by Crippen LogP contribution is -2.20. The third-order valence-corrected chi connectivity index (χ3v) is 2.49. The Morgan fingerprint density at radius 1 is 1.71 bits per heavy atom. The molecule has 2 rings (SSSR count). The number of rotatable bonds is 4. The summed E-state index contributed by atoms with van der Waals surface area (Å²) in [4.78, 5) is 7.75. The molecule has 1 unspecified atom stereocenters. The van der Waals surface area contributed by atoms with Gasteiger partial charge in [0.25, 0.3) is 0 Å². The van der Waals surface area contributed by atoms with Crippen molar-refractivity contribution in [1.29, 1.82) is 0 Å². The fraction of sp³-hybridized carbons (Fsp3) is 0.500. The number of aromatic nitrogens is 2. The van der Waals surface area contributed by atoms with Gasteiger partial charge >= 0.3 is 0 Å². The van der Waals surface area contributed by atoms with Gasteiger partial charge in [0.2, 0.25) is 5.88 Å². The van der Waals surface area contributed by atoms with Gasteiger partial charge in [0, 0.05) is 12.8 Å². The molecule has 0 aromatic carbocycles. The second-order valence-corrected chi connectivity index (χ2v) is 3.67. The molecular weight excluding hydrogens is 224 g/mol. The summed E-state index contributed by atoms with van der Waals surface area (Å²) in [6.45, 7) is 1.17. The minimum Gasteiger partial charge on any atom is -0.474 e. The Hall–Kier alpha value is -1.89. The van der Waals surface area contributed by atoms with E-state index in [9.17, 15) is 0 Å². The van der Waals surface area contributed by atoms with Crippen molar-refractivity contribution in [3.05, 3.63) is 18.1 Å². The number of oxime groups is 1. The van der Waals surface area contributed by atoms with E-state index in [0.29, 0.717) is 18.1 Å². The molecule has 0 saturated carbocycles. The quantitative estimate of drug-likeness (QED) is 0.334. The van der Waals surface area contributed by atoms with Crippen LogP contribution in [0.3, 0.4) is 0 Å². The van der Waals surface area contributed by atoms with Crippen molar-refractivity contribution in [2.45, 2.75) is 18.9 Å². The molecule has 17 heavy (non-hydrogen) atoms. The van der Waals surface area contributed by atoms with E-state index in [1.807, 2.05) is 0 Å². The summed E-state index contributed by atoms with van der Waals surface area (Å²) >= 11 is 0. The van der Waals surface area contributed by atoms with Crippen molar-refractivity contribution >= 4 is 5.84 Å². The monoisotopic (exact) mass is 238 g/mol. The molecule has 7 nitrogen and oxygen atoms in total. The molecule has 2 heterocycles. The van der Waals surface area contributed by atoms with Crippen LogP contribution in [-0.2, 0) is 4.74 Å². The van der Waals surface area contributed by atoms with Gasteiger partial charge in [-0.1, -0.05) is 5.16 Å². The fourth-order valence-electron chi connectivity index (χ4n) is 1.61. The highest BCUT2D eigenvalue weighted by Gasteiger charge is 2.18. The molecule has 1 aliphatic rings. The molecule has 1 aromatic rings. The SMILES string of the molecule is NC(=NO)c1cncnc1OCC1CCCO1. The van der Waals surface area contributed by atoms with E-state index in [4.69, 9.17) is 20.4 Å². The average Bonchev–Trinajstić information content (AvgIpc) is 2.89. The zero-order chi connectivity index (χ0) is 12.1. The summed E-state index contributed by atoms with van der Waals surface area (Å²) in [7, 11) is 0. The lowest BCUT2D eigenvalue weighted by atomic mass is 10.2. The Morgan fingerprint density at radius 2 is 2.59 bits per heavy atom. The average molecular weight is 238 g/mol.